The van der Waals surface area contributed by atoms with Crippen LogP contribution in [0, 0.1) is 5.92 Å². The fourth-order valence-corrected chi connectivity index (χ4v) is 4.33. The average Bonchev–Trinajstić information content (AvgIpc) is 2.98. The summed E-state index contributed by atoms with van der Waals surface area (Å²) >= 11 is 0. The van der Waals surface area contributed by atoms with E-state index in [-0.39, 0.29) is 0 Å². The Morgan fingerprint density at radius 2 is 2.05 bits per heavy atom. The second kappa shape index (κ2) is 5.77. The highest BCUT2D eigenvalue weighted by atomic mass is 16.5. The fourth-order valence-electron chi connectivity index (χ4n) is 4.33. The van der Waals surface area contributed by atoms with Crippen LogP contribution in [-0.4, -0.2) is 19.7 Å². The quantitative estimate of drug-likeness (QED) is 0.934. The number of benzene rings is 2. The number of methoxy groups -OCH3 is 1. The van der Waals surface area contributed by atoms with Gasteiger partial charge in [0.05, 0.1) is 7.11 Å². The van der Waals surface area contributed by atoms with Gasteiger partial charge < -0.3 is 10.1 Å². The summed E-state index contributed by atoms with van der Waals surface area (Å²) in [6, 6.07) is 18.1. The normalized spacial score (nSPS) is 26.3. The summed E-state index contributed by atoms with van der Waals surface area (Å²) in [7, 11) is 1.74. The lowest BCUT2D eigenvalue weighted by atomic mass is 9.74. The van der Waals surface area contributed by atoms with Gasteiger partial charge in [-0.1, -0.05) is 36.4 Å². The fraction of sp³-hybridized carbons (Fsp3) is 0.400. The minimum absolute atomic E-state index is 0.588. The van der Waals surface area contributed by atoms with Crippen LogP contribution in [0.1, 0.15) is 29.0 Å². The zero-order chi connectivity index (χ0) is 14.9. The lowest BCUT2D eigenvalue weighted by Gasteiger charge is -2.30. The third kappa shape index (κ3) is 2.42. The van der Waals surface area contributed by atoms with Gasteiger partial charge >= 0.3 is 0 Å². The molecule has 1 heterocycles. The highest BCUT2D eigenvalue weighted by Gasteiger charge is 2.39. The Morgan fingerprint density at radius 1 is 1.14 bits per heavy atom. The van der Waals surface area contributed by atoms with Crippen LogP contribution < -0.4 is 10.1 Å². The lowest BCUT2D eigenvalue weighted by molar-refractivity contribution is 0.372. The summed E-state index contributed by atoms with van der Waals surface area (Å²) in [4.78, 5) is 0. The molecule has 0 bridgehead atoms. The van der Waals surface area contributed by atoms with Crippen LogP contribution in [0.5, 0.6) is 5.75 Å². The first-order chi connectivity index (χ1) is 10.8. The maximum absolute atomic E-state index is 5.35. The Kier molecular flexibility index (Phi) is 3.63. The molecule has 1 fully saturated rings. The van der Waals surface area contributed by atoms with Crippen molar-refractivity contribution in [2.75, 3.05) is 13.7 Å². The Bertz CT molecular complexity index is 666. The summed E-state index contributed by atoms with van der Waals surface area (Å²) in [5.74, 6) is 2.42. The van der Waals surface area contributed by atoms with Crippen molar-refractivity contribution in [1.82, 2.24) is 5.32 Å². The number of fused-ring (bicyclic) bond motifs is 3. The zero-order valence-corrected chi connectivity index (χ0v) is 13.1. The number of aryl methyl sites for hydroxylation is 1. The molecule has 0 saturated carbocycles. The first kappa shape index (κ1) is 13.8. The van der Waals surface area contributed by atoms with Crippen LogP contribution >= 0.6 is 0 Å². The molecule has 0 amide bonds. The molecule has 1 aliphatic heterocycles. The lowest BCUT2D eigenvalue weighted by Crippen LogP contribution is -2.31. The summed E-state index contributed by atoms with van der Waals surface area (Å²) in [5, 5.41) is 3.78. The van der Waals surface area contributed by atoms with Gasteiger partial charge in [-0.25, -0.2) is 0 Å². The van der Waals surface area contributed by atoms with Crippen LogP contribution in [0.4, 0.5) is 0 Å². The number of nitrogens with one attached hydrogen (secondary N) is 1. The van der Waals surface area contributed by atoms with E-state index in [4.69, 9.17) is 4.74 Å². The predicted octanol–water partition coefficient (Wildman–Crippen LogP) is 3.56. The number of hydrogen-bond acceptors (Lipinski definition) is 2. The molecule has 3 atom stereocenters. The standard InChI is InChI=1S/C20H23NO/c1-22-16-7-4-5-14(11-16)12-20-18-10-9-15-6-2-3-8-17(15)19(18)13-21-20/h2-8,11,18-21H,9-10,12-13H2,1H3. The molecule has 1 aliphatic carbocycles. The second-order valence-electron chi connectivity index (χ2n) is 6.58. The van der Waals surface area contributed by atoms with E-state index in [0.29, 0.717) is 12.0 Å². The van der Waals surface area contributed by atoms with Gasteiger partial charge in [0.25, 0.3) is 0 Å². The van der Waals surface area contributed by atoms with E-state index in [1.54, 1.807) is 18.2 Å². The first-order valence-electron chi connectivity index (χ1n) is 8.29. The van der Waals surface area contributed by atoms with E-state index in [2.05, 4.69) is 47.8 Å². The van der Waals surface area contributed by atoms with Crippen molar-refractivity contribution in [2.45, 2.75) is 31.2 Å². The molecule has 0 aromatic heterocycles. The molecule has 4 rings (SSSR count). The molecule has 1 saturated heterocycles. The van der Waals surface area contributed by atoms with Gasteiger partial charge in [0, 0.05) is 18.5 Å². The average molecular weight is 293 g/mol. The minimum atomic E-state index is 0.588. The highest BCUT2D eigenvalue weighted by Crippen LogP contribution is 2.41. The smallest absolute Gasteiger partial charge is 0.119 e. The third-order valence-corrected chi connectivity index (χ3v) is 5.42. The molecule has 2 nitrogen and oxygen atoms in total. The summed E-state index contributed by atoms with van der Waals surface area (Å²) in [6.07, 6.45) is 3.64. The van der Waals surface area contributed by atoms with E-state index in [0.717, 1.165) is 24.6 Å². The van der Waals surface area contributed by atoms with Gasteiger partial charge in [-0.05, 0) is 54.0 Å². The number of rotatable bonds is 3. The van der Waals surface area contributed by atoms with E-state index in [1.807, 2.05) is 6.07 Å². The Labute approximate surface area is 132 Å². The van der Waals surface area contributed by atoms with Gasteiger partial charge in [0.1, 0.15) is 5.75 Å². The molecule has 2 aromatic carbocycles. The van der Waals surface area contributed by atoms with Gasteiger partial charge in [0.2, 0.25) is 0 Å². The van der Waals surface area contributed by atoms with E-state index >= 15 is 0 Å². The predicted molar refractivity (Wildman–Crippen MR) is 89.5 cm³/mol. The van der Waals surface area contributed by atoms with E-state index in [9.17, 15) is 0 Å². The molecule has 0 radical (unpaired) electrons. The van der Waals surface area contributed by atoms with Crippen molar-refractivity contribution in [2.24, 2.45) is 5.92 Å². The summed E-state index contributed by atoms with van der Waals surface area (Å²) in [6.45, 7) is 1.12. The molecule has 1 N–H and O–H groups in total. The largest absolute Gasteiger partial charge is 0.497 e. The molecule has 0 spiro atoms. The Morgan fingerprint density at radius 3 is 2.95 bits per heavy atom. The SMILES string of the molecule is COc1cccc(CC2NCC3c4ccccc4CCC23)c1. The number of hydrogen-bond donors (Lipinski definition) is 1. The Balaban J connectivity index is 1.54. The van der Waals surface area contributed by atoms with Gasteiger partial charge in [-0.3, -0.25) is 0 Å². The van der Waals surface area contributed by atoms with Gasteiger partial charge in [-0.15, -0.1) is 0 Å². The molecule has 2 aliphatic rings. The maximum atomic E-state index is 5.35. The second-order valence-corrected chi connectivity index (χ2v) is 6.58. The van der Waals surface area contributed by atoms with Crippen LogP contribution in [0.25, 0.3) is 0 Å². The van der Waals surface area contributed by atoms with Crippen LogP contribution in [0.2, 0.25) is 0 Å². The highest BCUT2D eigenvalue weighted by molar-refractivity contribution is 5.36. The molecule has 2 aromatic rings. The van der Waals surface area contributed by atoms with Crippen molar-refractivity contribution in [1.29, 1.82) is 0 Å². The van der Waals surface area contributed by atoms with Crippen LogP contribution in [-0.2, 0) is 12.8 Å². The van der Waals surface area contributed by atoms with Crippen LogP contribution in [0.3, 0.4) is 0 Å². The molecule has 2 heteroatoms. The third-order valence-electron chi connectivity index (χ3n) is 5.42. The van der Waals surface area contributed by atoms with Crippen molar-refractivity contribution in [3.05, 3.63) is 65.2 Å². The molecular formula is C20H23NO. The molecule has 3 unspecified atom stereocenters. The monoisotopic (exact) mass is 293 g/mol. The van der Waals surface area contributed by atoms with Crippen LogP contribution in [0.15, 0.2) is 48.5 Å². The van der Waals surface area contributed by atoms with Crippen molar-refractivity contribution < 1.29 is 4.74 Å². The summed E-state index contributed by atoms with van der Waals surface area (Å²) < 4.78 is 5.35. The van der Waals surface area contributed by atoms with Crippen molar-refractivity contribution >= 4 is 0 Å². The molecule has 114 valence electrons. The first-order valence-corrected chi connectivity index (χ1v) is 8.29. The van der Waals surface area contributed by atoms with E-state index < -0.39 is 0 Å². The van der Waals surface area contributed by atoms with Crippen molar-refractivity contribution in [3.8, 4) is 5.75 Å². The maximum Gasteiger partial charge on any atom is 0.119 e. The summed E-state index contributed by atoms with van der Waals surface area (Å²) in [5.41, 5.74) is 4.52. The van der Waals surface area contributed by atoms with Crippen molar-refractivity contribution in [3.63, 3.8) is 0 Å². The molecule has 22 heavy (non-hydrogen) atoms. The van der Waals surface area contributed by atoms with Gasteiger partial charge in [0.15, 0.2) is 0 Å². The minimum Gasteiger partial charge on any atom is -0.497 e. The Hall–Kier alpha value is -1.80. The topological polar surface area (TPSA) is 21.3 Å². The molecular weight excluding hydrogens is 270 g/mol. The number of ether oxygens (including phenoxy) is 1. The van der Waals surface area contributed by atoms with E-state index in [1.165, 1.54) is 18.4 Å². The van der Waals surface area contributed by atoms with Gasteiger partial charge in [-0.2, -0.15) is 0 Å². The zero-order valence-electron chi connectivity index (χ0n) is 13.1.